The maximum Gasteiger partial charge on any atom is 0.240 e. The predicted molar refractivity (Wildman–Crippen MR) is 78.0 cm³/mol. The van der Waals surface area contributed by atoms with E-state index in [2.05, 4.69) is 22.2 Å². The zero-order valence-electron chi connectivity index (χ0n) is 12.0. The van der Waals surface area contributed by atoms with E-state index in [1.807, 2.05) is 18.2 Å². The summed E-state index contributed by atoms with van der Waals surface area (Å²) in [7, 11) is 3.26. The first-order valence-corrected chi connectivity index (χ1v) is 6.53. The van der Waals surface area contributed by atoms with Gasteiger partial charge in [0.05, 0.1) is 14.2 Å². The molecule has 5 heteroatoms. The molecule has 1 heterocycles. The second-order valence-corrected chi connectivity index (χ2v) is 4.22. The standard InChI is InChI=1S/C15H19N3O2/c1-4-16-10-11-9-12(19-2)5-6-13(11)14-15(20-3)18-8-7-17-14/h5-9,16H,4,10H2,1-3H3. The molecule has 0 aliphatic carbocycles. The van der Waals surface area contributed by atoms with Crippen molar-refractivity contribution in [1.82, 2.24) is 15.3 Å². The average molecular weight is 273 g/mol. The van der Waals surface area contributed by atoms with Crippen LogP contribution in [0.2, 0.25) is 0 Å². The molecule has 0 radical (unpaired) electrons. The largest absolute Gasteiger partial charge is 0.497 e. The summed E-state index contributed by atoms with van der Waals surface area (Å²) in [5, 5.41) is 3.32. The highest BCUT2D eigenvalue weighted by Gasteiger charge is 2.13. The highest BCUT2D eigenvalue weighted by molar-refractivity contribution is 5.69. The topological polar surface area (TPSA) is 56.3 Å². The Balaban J connectivity index is 2.48. The van der Waals surface area contributed by atoms with Gasteiger partial charge in [-0.1, -0.05) is 6.92 Å². The number of rotatable bonds is 6. The van der Waals surface area contributed by atoms with Gasteiger partial charge in [0.1, 0.15) is 11.4 Å². The number of benzene rings is 1. The molecular formula is C15H19N3O2. The summed E-state index contributed by atoms with van der Waals surface area (Å²) in [4.78, 5) is 8.59. The van der Waals surface area contributed by atoms with Crippen LogP contribution in [0.1, 0.15) is 12.5 Å². The first kappa shape index (κ1) is 14.3. The van der Waals surface area contributed by atoms with Crippen LogP contribution in [0.4, 0.5) is 0 Å². The first-order valence-electron chi connectivity index (χ1n) is 6.53. The Morgan fingerprint density at radius 2 is 1.90 bits per heavy atom. The Morgan fingerprint density at radius 3 is 2.60 bits per heavy atom. The van der Waals surface area contributed by atoms with Gasteiger partial charge < -0.3 is 14.8 Å². The number of hydrogen-bond acceptors (Lipinski definition) is 5. The summed E-state index contributed by atoms with van der Waals surface area (Å²) >= 11 is 0. The zero-order valence-corrected chi connectivity index (χ0v) is 12.0. The Kier molecular flexibility index (Phi) is 4.90. The highest BCUT2D eigenvalue weighted by atomic mass is 16.5. The fraction of sp³-hybridized carbons (Fsp3) is 0.333. The van der Waals surface area contributed by atoms with Crippen molar-refractivity contribution in [2.24, 2.45) is 0 Å². The molecule has 20 heavy (non-hydrogen) atoms. The molecule has 2 rings (SSSR count). The molecule has 0 amide bonds. The average Bonchev–Trinajstić information content (AvgIpc) is 2.52. The molecule has 0 spiro atoms. The van der Waals surface area contributed by atoms with Crippen LogP contribution in [0.25, 0.3) is 11.3 Å². The summed E-state index contributed by atoms with van der Waals surface area (Å²) in [6, 6.07) is 5.91. The Morgan fingerprint density at radius 1 is 1.10 bits per heavy atom. The number of hydrogen-bond donors (Lipinski definition) is 1. The van der Waals surface area contributed by atoms with Crippen molar-refractivity contribution in [3.63, 3.8) is 0 Å². The van der Waals surface area contributed by atoms with E-state index in [1.165, 1.54) is 0 Å². The van der Waals surface area contributed by atoms with Crippen molar-refractivity contribution in [1.29, 1.82) is 0 Å². The third kappa shape index (κ3) is 3.05. The van der Waals surface area contributed by atoms with Crippen LogP contribution in [-0.4, -0.2) is 30.7 Å². The lowest BCUT2D eigenvalue weighted by molar-refractivity contribution is 0.397. The van der Waals surface area contributed by atoms with Crippen molar-refractivity contribution < 1.29 is 9.47 Å². The van der Waals surface area contributed by atoms with Gasteiger partial charge in [0.25, 0.3) is 0 Å². The maximum atomic E-state index is 5.29. The molecule has 0 unspecified atom stereocenters. The minimum atomic E-state index is 0.524. The lowest BCUT2D eigenvalue weighted by Gasteiger charge is -2.13. The Hall–Kier alpha value is -2.14. The quantitative estimate of drug-likeness (QED) is 0.875. The van der Waals surface area contributed by atoms with Gasteiger partial charge in [0.2, 0.25) is 5.88 Å². The lowest BCUT2D eigenvalue weighted by atomic mass is 10.0. The van der Waals surface area contributed by atoms with Gasteiger partial charge in [-0.2, -0.15) is 0 Å². The number of nitrogens with zero attached hydrogens (tertiary/aromatic N) is 2. The molecule has 2 aromatic rings. The smallest absolute Gasteiger partial charge is 0.240 e. The normalized spacial score (nSPS) is 10.3. The van der Waals surface area contributed by atoms with Crippen LogP contribution in [0, 0.1) is 0 Å². The lowest BCUT2D eigenvalue weighted by Crippen LogP contribution is -2.13. The molecular weight excluding hydrogens is 254 g/mol. The van der Waals surface area contributed by atoms with Gasteiger partial charge >= 0.3 is 0 Å². The van der Waals surface area contributed by atoms with Crippen LogP contribution < -0.4 is 14.8 Å². The van der Waals surface area contributed by atoms with Crippen LogP contribution in [-0.2, 0) is 6.54 Å². The van der Waals surface area contributed by atoms with E-state index in [-0.39, 0.29) is 0 Å². The molecule has 0 atom stereocenters. The number of ether oxygens (including phenoxy) is 2. The van der Waals surface area contributed by atoms with E-state index in [4.69, 9.17) is 9.47 Å². The molecule has 0 bridgehead atoms. The predicted octanol–water partition coefficient (Wildman–Crippen LogP) is 2.27. The SMILES string of the molecule is CCNCc1cc(OC)ccc1-c1nccnc1OC. The van der Waals surface area contributed by atoms with Crippen LogP contribution in [0.5, 0.6) is 11.6 Å². The summed E-state index contributed by atoms with van der Waals surface area (Å²) in [6.45, 7) is 3.71. The molecule has 0 fully saturated rings. The van der Waals surface area contributed by atoms with Gasteiger partial charge in [0, 0.05) is 24.5 Å². The van der Waals surface area contributed by atoms with Crippen molar-refractivity contribution in [3.8, 4) is 22.9 Å². The maximum absolute atomic E-state index is 5.29. The fourth-order valence-corrected chi connectivity index (χ4v) is 1.99. The van der Waals surface area contributed by atoms with Gasteiger partial charge in [0.15, 0.2) is 0 Å². The van der Waals surface area contributed by atoms with Crippen molar-refractivity contribution in [3.05, 3.63) is 36.2 Å². The van der Waals surface area contributed by atoms with Crippen molar-refractivity contribution in [2.45, 2.75) is 13.5 Å². The van der Waals surface area contributed by atoms with E-state index < -0.39 is 0 Å². The Bertz CT molecular complexity index is 573. The summed E-state index contributed by atoms with van der Waals surface area (Å²) in [5.74, 6) is 1.35. The molecule has 0 saturated heterocycles. The molecule has 5 nitrogen and oxygen atoms in total. The molecule has 106 valence electrons. The number of nitrogens with one attached hydrogen (secondary N) is 1. The summed E-state index contributed by atoms with van der Waals surface area (Å²) in [6.07, 6.45) is 3.29. The molecule has 1 aromatic heterocycles. The van der Waals surface area contributed by atoms with Gasteiger partial charge in [-0.15, -0.1) is 0 Å². The van der Waals surface area contributed by atoms with Crippen LogP contribution in [0.15, 0.2) is 30.6 Å². The van der Waals surface area contributed by atoms with Crippen molar-refractivity contribution in [2.75, 3.05) is 20.8 Å². The number of aromatic nitrogens is 2. The van der Waals surface area contributed by atoms with Crippen molar-refractivity contribution >= 4 is 0 Å². The Labute approximate surface area is 119 Å². The van der Waals surface area contributed by atoms with E-state index in [9.17, 15) is 0 Å². The minimum absolute atomic E-state index is 0.524. The van der Waals surface area contributed by atoms with E-state index in [0.29, 0.717) is 5.88 Å². The molecule has 0 saturated carbocycles. The van der Waals surface area contributed by atoms with Gasteiger partial charge in [-0.25, -0.2) is 9.97 Å². The second-order valence-electron chi connectivity index (χ2n) is 4.22. The molecule has 0 aliphatic heterocycles. The van der Waals surface area contributed by atoms with Crippen LogP contribution >= 0.6 is 0 Å². The monoisotopic (exact) mass is 273 g/mol. The third-order valence-electron chi connectivity index (χ3n) is 2.99. The van der Waals surface area contributed by atoms with E-state index in [1.54, 1.807) is 26.6 Å². The zero-order chi connectivity index (χ0) is 14.4. The summed E-state index contributed by atoms with van der Waals surface area (Å²) in [5.41, 5.74) is 2.84. The first-order chi connectivity index (χ1) is 9.80. The van der Waals surface area contributed by atoms with Gasteiger partial charge in [-0.3, -0.25) is 0 Å². The molecule has 0 aliphatic rings. The fourth-order valence-electron chi connectivity index (χ4n) is 1.99. The minimum Gasteiger partial charge on any atom is -0.497 e. The van der Waals surface area contributed by atoms with E-state index >= 15 is 0 Å². The van der Waals surface area contributed by atoms with E-state index in [0.717, 1.165) is 35.7 Å². The van der Waals surface area contributed by atoms with Crippen LogP contribution in [0.3, 0.4) is 0 Å². The highest BCUT2D eigenvalue weighted by Crippen LogP contribution is 2.30. The summed E-state index contributed by atoms with van der Waals surface area (Å²) < 4.78 is 10.6. The third-order valence-corrected chi connectivity index (χ3v) is 2.99. The second kappa shape index (κ2) is 6.86. The van der Waals surface area contributed by atoms with Gasteiger partial charge in [-0.05, 0) is 30.3 Å². The molecule has 1 aromatic carbocycles. The number of methoxy groups -OCH3 is 2. The molecule has 1 N–H and O–H groups in total.